The summed E-state index contributed by atoms with van der Waals surface area (Å²) in [7, 11) is 0. The number of aromatic nitrogens is 1. The van der Waals surface area contributed by atoms with Gasteiger partial charge in [-0.1, -0.05) is 42.0 Å². The number of hydrogen-bond donors (Lipinski definition) is 2. The molecule has 2 aromatic carbocycles. The molecule has 4 heteroatoms. The third-order valence-corrected chi connectivity index (χ3v) is 5.78. The van der Waals surface area contributed by atoms with Crippen molar-refractivity contribution in [3.63, 3.8) is 0 Å². The first-order valence-corrected chi connectivity index (χ1v) is 10.5. The molecule has 0 aliphatic heterocycles. The summed E-state index contributed by atoms with van der Waals surface area (Å²) in [6.45, 7) is 9.07. The van der Waals surface area contributed by atoms with E-state index in [1.54, 1.807) is 11.3 Å². The van der Waals surface area contributed by atoms with E-state index in [2.05, 4.69) is 67.9 Å². The highest BCUT2D eigenvalue weighted by Crippen LogP contribution is 2.25. The molecule has 3 rings (SSSR count). The molecule has 0 spiro atoms. The Labute approximate surface area is 166 Å². The van der Waals surface area contributed by atoms with Crippen molar-refractivity contribution in [2.24, 2.45) is 5.73 Å². The number of nitrogens with two attached hydrogens (primary N) is 1. The van der Waals surface area contributed by atoms with Gasteiger partial charge in [0, 0.05) is 30.5 Å². The SMILES string of the molecule is Cc1ccc(-c2csc(Cc3cc(C)c(CCNCCN)cc3C)n2)cc1. The summed E-state index contributed by atoms with van der Waals surface area (Å²) >= 11 is 1.75. The fraction of sp³-hybridized carbons (Fsp3) is 0.348. The van der Waals surface area contributed by atoms with Crippen molar-refractivity contribution < 1.29 is 0 Å². The Morgan fingerprint density at radius 2 is 1.67 bits per heavy atom. The Bertz CT molecular complexity index is 881. The molecule has 3 nitrogen and oxygen atoms in total. The summed E-state index contributed by atoms with van der Waals surface area (Å²) in [5.74, 6) is 0. The molecular formula is C23H29N3S. The van der Waals surface area contributed by atoms with E-state index in [9.17, 15) is 0 Å². The van der Waals surface area contributed by atoms with E-state index in [1.807, 2.05) is 0 Å². The molecule has 0 saturated heterocycles. The number of nitrogens with one attached hydrogen (secondary N) is 1. The average molecular weight is 380 g/mol. The summed E-state index contributed by atoms with van der Waals surface area (Å²) in [5, 5.41) is 6.71. The molecule has 0 aliphatic rings. The molecule has 0 amide bonds. The summed E-state index contributed by atoms with van der Waals surface area (Å²) in [6.07, 6.45) is 1.94. The largest absolute Gasteiger partial charge is 0.329 e. The lowest BCUT2D eigenvalue weighted by Crippen LogP contribution is -2.24. The molecular weight excluding hydrogens is 350 g/mol. The molecule has 0 atom stereocenters. The fourth-order valence-corrected chi connectivity index (χ4v) is 4.08. The lowest BCUT2D eigenvalue weighted by molar-refractivity contribution is 0.687. The van der Waals surface area contributed by atoms with Crippen molar-refractivity contribution in [3.05, 3.63) is 74.6 Å². The maximum atomic E-state index is 5.53. The monoisotopic (exact) mass is 379 g/mol. The van der Waals surface area contributed by atoms with Crippen molar-refractivity contribution in [2.45, 2.75) is 33.6 Å². The molecule has 0 unspecified atom stereocenters. The van der Waals surface area contributed by atoms with E-state index in [4.69, 9.17) is 10.7 Å². The molecule has 3 N–H and O–H groups in total. The van der Waals surface area contributed by atoms with E-state index >= 15 is 0 Å². The molecule has 0 fully saturated rings. The van der Waals surface area contributed by atoms with E-state index < -0.39 is 0 Å². The Morgan fingerprint density at radius 1 is 0.963 bits per heavy atom. The Kier molecular flexibility index (Phi) is 6.78. The van der Waals surface area contributed by atoms with Gasteiger partial charge in [-0.15, -0.1) is 11.3 Å². The van der Waals surface area contributed by atoms with Crippen molar-refractivity contribution >= 4 is 11.3 Å². The van der Waals surface area contributed by atoms with Crippen molar-refractivity contribution in [1.82, 2.24) is 10.3 Å². The number of benzene rings is 2. The van der Waals surface area contributed by atoms with Crippen LogP contribution < -0.4 is 11.1 Å². The fourth-order valence-electron chi connectivity index (χ4n) is 3.26. The summed E-state index contributed by atoms with van der Waals surface area (Å²) in [6, 6.07) is 13.3. The second-order valence-electron chi connectivity index (χ2n) is 7.16. The first kappa shape index (κ1) is 19.7. The van der Waals surface area contributed by atoms with Crippen LogP contribution in [0.25, 0.3) is 11.3 Å². The Morgan fingerprint density at radius 3 is 2.41 bits per heavy atom. The van der Waals surface area contributed by atoms with Gasteiger partial charge in [-0.2, -0.15) is 0 Å². The Balaban J connectivity index is 1.70. The van der Waals surface area contributed by atoms with Gasteiger partial charge in [0.25, 0.3) is 0 Å². The minimum Gasteiger partial charge on any atom is -0.329 e. The van der Waals surface area contributed by atoms with Gasteiger partial charge in [-0.25, -0.2) is 4.98 Å². The van der Waals surface area contributed by atoms with Crippen LogP contribution in [0.2, 0.25) is 0 Å². The van der Waals surface area contributed by atoms with Crippen LogP contribution in [-0.4, -0.2) is 24.6 Å². The summed E-state index contributed by atoms with van der Waals surface area (Å²) < 4.78 is 0. The van der Waals surface area contributed by atoms with Gasteiger partial charge < -0.3 is 11.1 Å². The summed E-state index contributed by atoms with van der Waals surface area (Å²) in [4.78, 5) is 4.87. The van der Waals surface area contributed by atoms with E-state index in [1.165, 1.54) is 38.4 Å². The highest BCUT2D eigenvalue weighted by molar-refractivity contribution is 7.10. The zero-order valence-electron chi connectivity index (χ0n) is 16.5. The van der Waals surface area contributed by atoms with Crippen molar-refractivity contribution in [1.29, 1.82) is 0 Å². The maximum Gasteiger partial charge on any atom is 0.0976 e. The number of aryl methyl sites for hydroxylation is 3. The molecule has 1 aromatic heterocycles. The van der Waals surface area contributed by atoms with Crippen LogP contribution in [0.4, 0.5) is 0 Å². The zero-order chi connectivity index (χ0) is 19.2. The first-order chi connectivity index (χ1) is 13.1. The number of rotatable bonds is 8. The van der Waals surface area contributed by atoms with Crippen molar-refractivity contribution in [2.75, 3.05) is 19.6 Å². The molecule has 0 radical (unpaired) electrons. The topological polar surface area (TPSA) is 50.9 Å². The molecule has 27 heavy (non-hydrogen) atoms. The molecule has 3 aromatic rings. The number of hydrogen-bond acceptors (Lipinski definition) is 4. The lowest BCUT2D eigenvalue weighted by atomic mass is 9.96. The van der Waals surface area contributed by atoms with Crippen molar-refractivity contribution in [3.8, 4) is 11.3 Å². The van der Waals surface area contributed by atoms with Crippen LogP contribution in [0, 0.1) is 20.8 Å². The molecule has 0 bridgehead atoms. The molecule has 142 valence electrons. The highest BCUT2D eigenvalue weighted by atomic mass is 32.1. The van der Waals surface area contributed by atoms with Crippen LogP contribution >= 0.6 is 11.3 Å². The van der Waals surface area contributed by atoms with Crippen LogP contribution in [0.1, 0.15) is 32.8 Å². The van der Waals surface area contributed by atoms with E-state index in [0.717, 1.165) is 31.6 Å². The second kappa shape index (κ2) is 9.27. The van der Waals surface area contributed by atoms with Crippen LogP contribution in [0.3, 0.4) is 0 Å². The molecule has 0 saturated carbocycles. The number of nitrogens with zero attached hydrogens (tertiary/aromatic N) is 1. The quantitative estimate of drug-likeness (QED) is 0.570. The Hall–Kier alpha value is -2.01. The maximum absolute atomic E-state index is 5.53. The van der Waals surface area contributed by atoms with Gasteiger partial charge in [0.2, 0.25) is 0 Å². The zero-order valence-corrected chi connectivity index (χ0v) is 17.3. The van der Waals surface area contributed by atoms with Gasteiger partial charge in [0.15, 0.2) is 0 Å². The minimum atomic E-state index is 0.690. The van der Waals surface area contributed by atoms with Gasteiger partial charge in [-0.3, -0.25) is 0 Å². The van der Waals surface area contributed by atoms with E-state index in [0.29, 0.717) is 6.54 Å². The lowest BCUT2D eigenvalue weighted by Gasteiger charge is -2.12. The second-order valence-corrected chi connectivity index (χ2v) is 8.11. The predicted molar refractivity (Wildman–Crippen MR) is 117 cm³/mol. The van der Waals surface area contributed by atoms with Gasteiger partial charge in [0.05, 0.1) is 10.7 Å². The summed E-state index contributed by atoms with van der Waals surface area (Å²) in [5.41, 5.74) is 14.6. The van der Waals surface area contributed by atoms with Gasteiger partial charge in [0.1, 0.15) is 0 Å². The van der Waals surface area contributed by atoms with Crippen LogP contribution in [0.5, 0.6) is 0 Å². The third-order valence-electron chi connectivity index (χ3n) is 4.93. The first-order valence-electron chi connectivity index (χ1n) is 9.58. The van der Waals surface area contributed by atoms with Gasteiger partial charge in [-0.05, 0) is 56.0 Å². The highest BCUT2D eigenvalue weighted by Gasteiger charge is 2.09. The smallest absolute Gasteiger partial charge is 0.0976 e. The number of thiazole rings is 1. The standard InChI is InChI=1S/C23H29N3S/c1-16-4-6-19(7-5-16)22-15-27-23(26-22)14-21-13-17(2)20(12-18(21)3)8-10-25-11-9-24/h4-7,12-13,15,25H,8-11,14,24H2,1-3H3. The molecule has 1 heterocycles. The van der Waals surface area contributed by atoms with Gasteiger partial charge >= 0.3 is 0 Å². The van der Waals surface area contributed by atoms with E-state index in [-0.39, 0.29) is 0 Å². The average Bonchev–Trinajstić information content (AvgIpc) is 3.11. The normalized spacial score (nSPS) is 11.1. The predicted octanol–water partition coefficient (Wildman–Crippen LogP) is 4.42. The minimum absolute atomic E-state index is 0.690. The van der Waals surface area contributed by atoms with Crippen LogP contribution in [0.15, 0.2) is 41.8 Å². The van der Waals surface area contributed by atoms with Crippen LogP contribution in [-0.2, 0) is 12.8 Å². The third kappa shape index (κ3) is 5.25. The molecule has 0 aliphatic carbocycles.